The zero-order valence-electron chi connectivity index (χ0n) is 14.2. The molecule has 8 heteroatoms. The van der Waals surface area contributed by atoms with Crippen LogP contribution in [0.5, 0.6) is 5.75 Å². The lowest BCUT2D eigenvalue weighted by Gasteiger charge is -2.07. The van der Waals surface area contributed by atoms with Crippen molar-refractivity contribution >= 4 is 40.1 Å². The van der Waals surface area contributed by atoms with Gasteiger partial charge in [-0.05, 0) is 36.4 Å². The number of hydrogen-bond donors (Lipinski definition) is 1. The fourth-order valence-electron chi connectivity index (χ4n) is 2.36. The molecule has 0 spiro atoms. The summed E-state index contributed by atoms with van der Waals surface area (Å²) < 4.78 is 15.2. The van der Waals surface area contributed by atoms with Crippen molar-refractivity contribution in [2.24, 2.45) is 0 Å². The Morgan fingerprint density at radius 1 is 1.15 bits per heavy atom. The van der Waals surface area contributed by atoms with E-state index in [9.17, 15) is 14.4 Å². The van der Waals surface area contributed by atoms with Crippen LogP contribution in [0, 0.1) is 0 Å². The van der Waals surface area contributed by atoms with Crippen molar-refractivity contribution in [2.45, 2.75) is 0 Å². The highest BCUT2D eigenvalue weighted by Gasteiger charge is 2.18. The maximum atomic E-state index is 12.2. The molecule has 138 valence electrons. The number of carbonyl (C=O) groups excluding carboxylic acids is 2. The summed E-state index contributed by atoms with van der Waals surface area (Å²) in [4.78, 5) is 36.1. The Morgan fingerprint density at radius 3 is 2.59 bits per heavy atom. The molecule has 0 aliphatic heterocycles. The van der Waals surface area contributed by atoms with Crippen LogP contribution in [-0.4, -0.2) is 25.6 Å². The van der Waals surface area contributed by atoms with Gasteiger partial charge in [0.05, 0.1) is 7.11 Å². The van der Waals surface area contributed by atoms with E-state index in [1.54, 1.807) is 42.5 Å². The minimum atomic E-state index is -0.959. The number of anilines is 1. The van der Waals surface area contributed by atoms with Gasteiger partial charge in [0.25, 0.3) is 5.91 Å². The van der Waals surface area contributed by atoms with E-state index in [-0.39, 0.29) is 11.1 Å². The molecule has 0 aliphatic carbocycles. The maximum absolute atomic E-state index is 12.2. The molecule has 1 heterocycles. The van der Waals surface area contributed by atoms with E-state index in [1.165, 1.54) is 13.2 Å². The van der Waals surface area contributed by atoms with Gasteiger partial charge in [0.15, 0.2) is 17.9 Å². The molecule has 1 aromatic heterocycles. The number of rotatable bonds is 5. The normalized spacial score (nSPS) is 10.4. The minimum Gasteiger partial charge on any atom is -0.493 e. The second-order valence-corrected chi connectivity index (χ2v) is 5.89. The average molecular weight is 388 g/mol. The van der Waals surface area contributed by atoms with E-state index in [4.69, 9.17) is 25.5 Å². The number of benzene rings is 2. The Balaban J connectivity index is 1.70. The van der Waals surface area contributed by atoms with Crippen LogP contribution in [0.1, 0.15) is 10.4 Å². The van der Waals surface area contributed by atoms with Gasteiger partial charge in [-0.3, -0.25) is 4.79 Å². The number of hydrogen-bond acceptors (Lipinski definition) is 6. The topological polar surface area (TPSA) is 94.8 Å². The lowest BCUT2D eigenvalue weighted by atomic mass is 10.2. The Bertz CT molecular complexity index is 1060. The van der Waals surface area contributed by atoms with E-state index in [1.807, 2.05) is 0 Å². The molecule has 0 bridgehead atoms. The maximum Gasteiger partial charge on any atom is 0.351 e. The van der Waals surface area contributed by atoms with Crippen molar-refractivity contribution in [3.05, 3.63) is 69.5 Å². The van der Waals surface area contributed by atoms with Crippen molar-refractivity contribution in [2.75, 3.05) is 19.0 Å². The van der Waals surface area contributed by atoms with Crippen LogP contribution >= 0.6 is 11.6 Å². The molecule has 1 amide bonds. The highest BCUT2D eigenvalue weighted by molar-refractivity contribution is 6.30. The quantitative estimate of drug-likeness (QED) is 0.533. The molecule has 3 aromatic rings. The summed E-state index contributed by atoms with van der Waals surface area (Å²) in [6.07, 6.45) is 0. The fraction of sp³-hybridized carbons (Fsp3) is 0.105. The molecule has 0 radical (unpaired) electrons. The zero-order chi connectivity index (χ0) is 19.4. The summed E-state index contributed by atoms with van der Waals surface area (Å²) in [5.41, 5.74) is -0.468. The Kier molecular flexibility index (Phi) is 5.42. The van der Waals surface area contributed by atoms with Crippen LogP contribution in [0.25, 0.3) is 11.0 Å². The third-order valence-corrected chi connectivity index (χ3v) is 3.88. The average Bonchev–Trinajstić information content (AvgIpc) is 2.67. The molecular weight excluding hydrogens is 374 g/mol. The SMILES string of the molecule is COc1cccc2cc(C(=O)OCC(=O)Nc3ccc(Cl)cc3)c(=O)oc12. The van der Waals surface area contributed by atoms with Crippen molar-refractivity contribution in [1.29, 1.82) is 0 Å². The number of carbonyl (C=O) groups is 2. The zero-order valence-corrected chi connectivity index (χ0v) is 14.9. The molecule has 7 nitrogen and oxygen atoms in total. The van der Waals surface area contributed by atoms with Crippen LogP contribution in [0.4, 0.5) is 5.69 Å². The van der Waals surface area contributed by atoms with Gasteiger partial charge in [-0.25, -0.2) is 9.59 Å². The van der Waals surface area contributed by atoms with Gasteiger partial charge in [0.2, 0.25) is 0 Å². The van der Waals surface area contributed by atoms with Gasteiger partial charge in [-0.1, -0.05) is 23.7 Å². The number of amides is 1. The van der Waals surface area contributed by atoms with Crippen LogP contribution in [0.3, 0.4) is 0 Å². The van der Waals surface area contributed by atoms with Gasteiger partial charge in [-0.2, -0.15) is 0 Å². The number of para-hydroxylation sites is 1. The smallest absolute Gasteiger partial charge is 0.351 e. The van der Waals surface area contributed by atoms with E-state index in [2.05, 4.69) is 5.32 Å². The summed E-state index contributed by atoms with van der Waals surface area (Å²) in [7, 11) is 1.44. The molecule has 0 saturated heterocycles. The summed E-state index contributed by atoms with van der Waals surface area (Å²) in [5, 5.41) is 3.56. The number of ether oxygens (including phenoxy) is 2. The van der Waals surface area contributed by atoms with Gasteiger partial charge in [-0.15, -0.1) is 0 Å². The number of nitrogens with one attached hydrogen (secondary N) is 1. The van der Waals surface area contributed by atoms with Crippen LogP contribution in [0.15, 0.2) is 57.7 Å². The lowest BCUT2D eigenvalue weighted by molar-refractivity contribution is -0.119. The highest BCUT2D eigenvalue weighted by atomic mass is 35.5. The van der Waals surface area contributed by atoms with E-state index >= 15 is 0 Å². The molecule has 1 N–H and O–H groups in total. The first-order chi connectivity index (χ1) is 13.0. The molecule has 3 rings (SSSR count). The molecule has 0 fully saturated rings. The second kappa shape index (κ2) is 7.92. The molecule has 0 aliphatic rings. The van der Waals surface area contributed by atoms with E-state index in [0.29, 0.717) is 21.8 Å². The molecule has 0 atom stereocenters. The Labute approximate surface area is 158 Å². The molecule has 27 heavy (non-hydrogen) atoms. The van der Waals surface area contributed by atoms with Crippen molar-refractivity contribution in [1.82, 2.24) is 0 Å². The van der Waals surface area contributed by atoms with E-state index in [0.717, 1.165) is 0 Å². The van der Waals surface area contributed by atoms with Crippen LogP contribution in [0.2, 0.25) is 5.02 Å². The predicted molar refractivity (Wildman–Crippen MR) is 99.4 cm³/mol. The van der Waals surface area contributed by atoms with Gasteiger partial charge in [0, 0.05) is 16.1 Å². The standard InChI is InChI=1S/C19H14ClNO6/c1-25-15-4-2-3-11-9-14(19(24)27-17(11)15)18(23)26-10-16(22)21-13-7-5-12(20)6-8-13/h2-9H,10H2,1H3,(H,21,22). The highest BCUT2D eigenvalue weighted by Crippen LogP contribution is 2.24. The molecule has 0 saturated carbocycles. The summed E-state index contributed by atoms with van der Waals surface area (Å²) in [5.74, 6) is -1.15. The van der Waals surface area contributed by atoms with Gasteiger partial charge < -0.3 is 19.2 Å². The Morgan fingerprint density at radius 2 is 1.89 bits per heavy atom. The summed E-state index contributed by atoms with van der Waals surface area (Å²) in [6, 6.07) is 12.7. The first kappa shape index (κ1) is 18.5. The van der Waals surface area contributed by atoms with Crippen LogP contribution < -0.4 is 15.7 Å². The van der Waals surface area contributed by atoms with E-state index < -0.39 is 24.1 Å². The third kappa shape index (κ3) is 4.27. The van der Waals surface area contributed by atoms with Gasteiger partial charge in [0.1, 0.15) is 5.56 Å². The van der Waals surface area contributed by atoms with Gasteiger partial charge >= 0.3 is 11.6 Å². The number of methoxy groups -OCH3 is 1. The molecular formula is C19H14ClNO6. The van der Waals surface area contributed by atoms with Crippen molar-refractivity contribution in [3.63, 3.8) is 0 Å². The molecule has 0 unspecified atom stereocenters. The summed E-state index contributed by atoms with van der Waals surface area (Å²) >= 11 is 5.77. The van der Waals surface area contributed by atoms with Crippen molar-refractivity contribution < 1.29 is 23.5 Å². The minimum absolute atomic E-state index is 0.224. The largest absolute Gasteiger partial charge is 0.493 e. The summed E-state index contributed by atoms with van der Waals surface area (Å²) in [6.45, 7) is -0.558. The number of fused-ring (bicyclic) bond motifs is 1. The predicted octanol–water partition coefficient (Wildman–Crippen LogP) is 3.25. The second-order valence-electron chi connectivity index (χ2n) is 5.46. The number of halogens is 1. The van der Waals surface area contributed by atoms with Crippen LogP contribution in [-0.2, 0) is 9.53 Å². The molecule has 2 aromatic carbocycles. The third-order valence-electron chi connectivity index (χ3n) is 3.63. The van der Waals surface area contributed by atoms with Crippen molar-refractivity contribution in [3.8, 4) is 5.75 Å². The first-order valence-electron chi connectivity index (χ1n) is 7.81. The Hall–Kier alpha value is -3.32. The fourth-order valence-corrected chi connectivity index (χ4v) is 2.49. The number of esters is 1. The first-order valence-corrected chi connectivity index (χ1v) is 8.19. The monoisotopic (exact) mass is 387 g/mol. The lowest BCUT2D eigenvalue weighted by Crippen LogP contribution is -2.23.